The summed E-state index contributed by atoms with van der Waals surface area (Å²) < 4.78 is 0. The molecule has 0 spiro atoms. The van der Waals surface area contributed by atoms with Crippen LogP contribution >= 0.6 is 0 Å². The second kappa shape index (κ2) is 7.09. The molecule has 0 saturated heterocycles. The Labute approximate surface area is 101 Å². The molecule has 1 saturated carbocycles. The SMILES string of the molecule is CCCCC(CC)C(=O)C1CCC(C)CC1. The van der Waals surface area contributed by atoms with Gasteiger partial charge in [0, 0.05) is 11.8 Å². The van der Waals surface area contributed by atoms with E-state index in [1.165, 1.54) is 25.7 Å². The number of hydrogen-bond acceptors (Lipinski definition) is 1. The minimum absolute atomic E-state index is 0.360. The predicted molar refractivity (Wildman–Crippen MR) is 69.4 cm³/mol. The van der Waals surface area contributed by atoms with E-state index in [4.69, 9.17) is 0 Å². The predicted octanol–water partition coefficient (Wildman–Crippen LogP) is 4.60. The highest BCUT2D eigenvalue weighted by atomic mass is 16.1. The van der Waals surface area contributed by atoms with Crippen LogP contribution in [0.25, 0.3) is 0 Å². The molecular weight excluding hydrogens is 196 g/mol. The summed E-state index contributed by atoms with van der Waals surface area (Å²) in [4.78, 5) is 12.3. The van der Waals surface area contributed by atoms with Crippen molar-refractivity contribution in [3.8, 4) is 0 Å². The van der Waals surface area contributed by atoms with E-state index in [1.54, 1.807) is 0 Å². The largest absolute Gasteiger partial charge is 0.299 e. The molecular formula is C15H28O. The lowest BCUT2D eigenvalue weighted by atomic mass is 9.76. The van der Waals surface area contributed by atoms with Crippen molar-refractivity contribution in [1.82, 2.24) is 0 Å². The first-order chi connectivity index (χ1) is 7.69. The molecule has 1 aliphatic carbocycles. The van der Waals surface area contributed by atoms with Gasteiger partial charge in [-0.05, 0) is 31.6 Å². The Morgan fingerprint density at radius 3 is 2.31 bits per heavy atom. The Hall–Kier alpha value is -0.330. The van der Waals surface area contributed by atoms with Crippen LogP contribution in [0.3, 0.4) is 0 Å². The molecule has 1 heteroatoms. The number of Topliss-reactive ketones (excluding diaryl/α,β-unsaturated/α-hetero) is 1. The average molecular weight is 224 g/mol. The van der Waals surface area contributed by atoms with Crippen LogP contribution in [0, 0.1) is 17.8 Å². The molecule has 1 nitrogen and oxygen atoms in total. The summed E-state index contributed by atoms with van der Waals surface area (Å²) in [6.07, 6.45) is 9.44. The van der Waals surface area contributed by atoms with Gasteiger partial charge in [-0.15, -0.1) is 0 Å². The maximum absolute atomic E-state index is 12.3. The Bertz CT molecular complexity index is 195. The van der Waals surface area contributed by atoms with Crippen LogP contribution in [-0.4, -0.2) is 5.78 Å². The third-order valence-corrected chi connectivity index (χ3v) is 4.22. The lowest BCUT2D eigenvalue weighted by Gasteiger charge is -2.28. The lowest BCUT2D eigenvalue weighted by molar-refractivity contribution is -0.128. The number of hydrogen-bond donors (Lipinski definition) is 0. The quantitative estimate of drug-likeness (QED) is 0.644. The van der Waals surface area contributed by atoms with Gasteiger partial charge in [0.25, 0.3) is 0 Å². The van der Waals surface area contributed by atoms with Crippen LogP contribution in [0.1, 0.15) is 72.1 Å². The van der Waals surface area contributed by atoms with Gasteiger partial charge in [0.2, 0.25) is 0 Å². The molecule has 0 bridgehead atoms. The highest BCUT2D eigenvalue weighted by Crippen LogP contribution is 2.32. The van der Waals surface area contributed by atoms with E-state index in [0.717, 1.165) is 31.6 Å². The van der Waals surface area contributed by atoms with Gasteiger partial charge in [-0.3, -0.25) is 4.79 Å². The summed E-state index contributed by atoms with van der Waals surface area (Å²) in [5, 5.41) is 0. The third kappa shape index (κ3) is 3.92. The van der Waals surface area contributed by atoms with Gasteiger partial charge < -0.3 is 0 Å². The van der Waals surface area contributed by atoms with Crippen molar-refractivity contribution in [2.45, 2.75) is 72.1 Å². The summed E-state index contributed by atoms with van der Waals surface area (Å²) in [6.45, 7) is 6.69. The second-order valence-corrected chi connectivity index (χ2v) is 5.61. The highest BCUT2D eigenvalue weighted by molar-refractivity contribution is 5.83. The summed E-state index contributed by atoms with van der Waals surface area (Å²) >= 11 is 0. The molecule has 1 fully saturated rings. The molecule has 0 amide bonds. The van der Waals surface area contributed by atoms with Crippen molar-refractivity contribution in [3.63, 3.8) is 0 Å². The minimum Gasteiger partial charge on any atom is -0.299 e. The molecule has 0 aromatic heterocycles. The first kappa shape index (κ1) is 13.7. The standard InChI is InChI=1S/C15H28O/c1-4-6-7-13(5-2)15(16)14-10-8-12(3)9-11-14/h12-14H,4-11H2,1-3H3. The first-order valence-corrected chi connectivity index (χ1v) is 7.22. The Kier molecular flexibility index (Phi) is 6.08. The molecule has 1 aliphatic rings. The minimum atomic E-state index is 0.360. The van der Waals surface area contributed by atoms with Crippen LogP contribution in [-0.2, 0) is 4.79 Å². The molecule has 0 heterocycles. The van der Waals surface area contributed by atoms with Gasteiger partial charge in [-0.2, -0.15) is 0 Å². The van der Waals surface area contributed by atoms with Gasteiger partial charge in [0.15, 0.2) is 0 Å². The molecule has 0 aromatic carbocycles. The fraction of sp³-hybridized carbons (Fsp3) is 0.933. The summed E-state index contributed by atoms with van der Waals surface area (Å²) in [5.74, 6) is 2.19. The van der Waals surface area contributed by atoms with Crippen LogP contribution < -0.4 is 0 Å². The molecule has 1 rings (SSSR count). The van der Waals surface area contributed by atoms with Gasteiger partial charge in [0.1, 0.15) is 5.78 Å². The Morgan fingerprint density at radius 1 is 1.19 bits per heavy atom. The fourth-order valence-electron chi connectivity index (χ4n) is 2.88. The van der Waals surface area contributed by atoms with E-state index in [9.17, 15) is 4.79 Å². The van der Waals surface area contributed by atoms with Crippen LogP contribution in [0.4, 0.5) is 0 Å². The van der Waals surface area contributed by atoms with Crippen molar-refractivity contribution in [3.05, 3.63) is 0 Å². The maximum Gasteiger partial charge on any atom is 0.139 e. The van der Waals surface area contributed by atoms with E-state index in [0.29, 0.717) is 17.6 Å². The summed E-state index contributed by atoms with van der Waals surface area (Å²) in [6, 6.07) is 0. The number of rotatable bonds is 6. The third-order valence-electron chi connectivity index (χ3n) is 4.22. The first-order valence-electron chi connectivity index (χ1n) is 7.22. The van der Waals surface area contributed by atoms with Crippen molar-refractivity contribution in [1.29, 1.82) is 0 Å². The summed E-state index contributed by atoms with van der Waals surface area (Å²) in [7, 11) is 0. The van der Waals surface area contributed by atoms with E-state index in [2.05, 4.69) is 20.8 Å². The molecule has 16 heavy (non-hydrogen) atoms. The van der Waals surface area contributed by atoms with E-state index in [-0.39, 0.29) is 0 Å². The number of ketones is 1. The normalized spacial score (nSPS) is 27.7. The zero-order chi connectivity index (χ0) is 12.0. The topological polar surface area (TPSA) is 17.1 Å². The zero-order valence-corrected chi connectivity index (χ0v) is 11.3. The number of unbranched alkanes of at least 4 members (excludes halogenated alkanes) is 1. The van der Waals surface area contributed by atoms with Crippen LogP contribution in [0.15, 0.2) is 0 Å². The number of carbonyl (C=O) groups excluding carboxylic acids is 1. The van der Waals surface area contributed by atoms with Crippen molar-refractivity contribution in [2.24, 2.45) is 17.8 Å². The fourth-order valence-corrected chi connectivity index (χ4v) is 2.88. The van der Waals surface area contributed by atoms with Gasteiger partial charge in [-0.1, -0.05) is 46.5 Å². The van der Waals surface area contributed by atoms with Crippen molar-refractivity contribution in [2.75, 3.05) is 0 Å². The van der Waals surface area contributed by atoms with Gasteiger partial charge in [0.05, 0.1) is 0 Å². The zero-order valence-electron chi connectivity index (χ0n) is 11.3. The molecule has 0 aliphatic heterocycles. The smallest absolute Gasteiger partial charge is 0.139 e. The van der Waals surface area contributed by atoms with Crippen LogP contribution in [0.2, 0.25) is 0 Å². The molecule has 0 radical (unpaired) electrons. The van der Waals surface area contributed by atoms with Gasteiger partial charge in [-0.25, -0.2) is 0 Å². The van der Waals surface area contributed by atoms with E-state index < -0.39 is 0 Å². The lowest BCUT2D eigenvalue weighted by Crippen LogP contribution is -2.27. The molecule has 0 N–H and O–H groups in total. The molecule has 1 unspecified atom stereocenters. The van der Waals surface area contributed by atoms with Crippen LogP contribution in [0.5, 0.6) is 0 Å². The van der Waals surface area contributed by atoms with Crippen molar-refractivity contribution < 1.29 is 4.79 Å². The average Bonchev–Trinajstić information content (AvgIpc) is 2.30. The maximum atomic E-state index is 12.3. The van der Waals surface area contributed by atoms with E-state index >= 15 is 0 Å². The Balaban J connectivity index is 2.41. The van der Waals surface area contributed by atoms with Gasteiger partial charge >= 0.3 is 0 Å². The monoisotopic (exact) mass is 224 g/mol. The van der Waals surface area contributed by atoms with Crippen molar-refractivity contribution >= 4 is 5.78 Å². The molecule has 0 aromatic rings. The number of carbonyl (C=O) groups is 1. The second-order valence-electron chi connectivity index (χ2n) is 5.61. The molecule has 94 valence electrons. The highest BCUT2D eigenvalue weighted by Gasteiger charge is 2.28. The summed E-state index contributed by atoms with van der Waals surface area (Å²) in [5.41, 5.74) is 0. The van der Waals surface area contributed by atoms with E-state index in [1.807, 2.05) is 0 Å². The Morgan fingerprint density at radius 2 is 1.81 bits per heavy atom. The molecule has 1 atom stereocenters.